The van der Waals surface area contributed by atoms with Crippen molar-refractivity contribution < 1.29 is 9.53 Å². The van der Waals surface area contributed by atoms with Crippen molar-refractivity contribution in [3.63, 3.8) is 0 Å². The van der Waals surface area contributed by atoms with E-state index in [9.17, 15) is 4.79 Å². The van der Waals surface area contributed by atoms with Crippen LogP contribution in [0.2, 0.25) is 0 Å². The lowest BCUT2D eigenvalue weighted by Crippen LogP contribution is -2.35. The van der Waals surface area contributed by atoms with Crippen molar-refractivity contribution in [3.8, 4) is 5.75 Å². The van der Waals surface area contributed by atoms with E-state index in [4.69, 9.17) is 4.74 Å². The molecule has 4 rings (SSSR count). The molecule has 0 unspecified atom stereocenters. The number of H-pyrrole nitrogens is 1. The van der Waals surface area contributed by atoms with Crippen LogP contribution in [0.25, 0.3) is 10.9 Å². The van der Waals surface area contributed by atoms with E-state index in [1.807, 2.05) is 36.4 Å². The molecule has 1 saturated heterocycles. The topological polar surface area (TPSA) is 45.3 Å². The summed E-state index contributed by atoms with van der Waals surface area (Å²) in [5.41, 5.74) is 3.82. The molecule has 0 bridgehead atoms. The van der Waals surface area contributed by atoms with Crippen LogP contribution in [0.1, 0.15) is 73.9 Å². The summed E-state index contributed by atoms with van der Waals surface area (Å²) in [6.07, 6.45) is 6.55. The monoisotopic (exact) mass is 432 g/mol. The Morgan fingerprint density at radius 2 is 1.94 bits per heavy atom. The molecule has 4 heteroatoms. The first-order valence-corrected chi connectivity index (χ1v) is 12.2. The van der Waals surface area contributed by atoms with E-state index in [1.165, 1.54) is 30.3 Å². The fourth-order valence-electron chi connectivity index (χ4n) is 4.83. The Labute approximate surface area is 192 Å². The summed E-state index contributed by atoms with van der Waals surface area (Å²) in [5, 5.41) is 1.18. The van der Waals surface area contributed by atoms with Crippen molar-refractivity contribution in [1.29, 1.82) is 0 Å². The highest BCUT2D eigenvalue weighted by molar-refractivity contribution is 6.12. The molecule has 2 heterocycles. The lowest BCUT2D eigenvalue weighted by molar-refractivity contribution is 0.103. The summed E-state index contributed by atoms with van der Waals surface area (Å²) in [4.78, 5) is 19.4. The average molecular weight is 433 g/mol. The van der Waals surface area contributed by atoms with Crippen molar-refractivity contribution >= 4 is 16.7 Å². The molecule has 1 fully saturated rings. The number of hydrogen-bond donors (Lipinski definition) is 1. The van der Waals surface area contributed by atoms with Gasteiger partial charge in [0.2, 0.25) is 0 Å². The predicted molar refractivity (Wildman–Crippen MR) is 132 cm³/mol. The van der Waals surface area contributed by atoms with Crippen LogP contribution in [0.3, 0.4) is 0 Å². The average Bonchev–Trinajstić information content (AvgIpc) is 3.22. The fourth-order valence-corrected chi connectivity index (χ4v) is 4.83. The van der Waals surface area contributed by atoms with Gasteiger partial charge in [-0.2, -0.15) is 0 Å². The van der Waals surface area contributed by atoms with Crippen molar-refractivity contribution in [3.05, 3.63) is 65.4 Å². The van der Waals surface area contributed by atoms with Crippen LogP contribution in [0.5, 0.6) is 5.75 Å². The molecule has 1 N–H and O–H groups in total. The number of hydrogen-bond acceptors (Lipinski definition) is 3. The number of ether oxygens (including phenoxy) is 1. The van der Waals surface area contributed by atoms with Gasteiger partial charge in [0.05, 0.1) is 12.2 Å². The number of benzene rings is 2. The zero-order chi connectivity index (χ0) is 22.5. The van der Waals surface area contributed by atoms with E-state index in [0.29, 0.717) is 29.8 Å². The highest BCUT2D eigenvalue weighted by atomic mass is 16.5. The van der Waals surface area contributed by atoms with Gasteiger partial charge < -0.3 is 14.6 Å². The minimum Gasteiger partial charge on any atom is -0.493 e. The number of aromatic nitrogens is 1. The molecule has 1 aliphatic rings. The number of aromatic amines is 1. The first-order valence-electron chi connectivity index (χ1n) is 12.2. The van der Waals surface area contributed by atoms with E-state index >= 15 is 0 Å². The number of fused-ring (bicyclic) bond motifs is 1. The molecule has 1 aliphatic heterocycles. The van der Waals surface area contributed by atoms with Crippen LogP contribution < -0.4 is 4.74 Å². The predicted octanol–water partition coefficient (Wildman–Crippen LogP) is 6.41. The van der Waals surface area contributed by atoms with Crippen LogP contribution in [-0.2, 0) is 0 Å². The molecular formula is C28H36N2O2. The third-order valence-electron chi connectivity index (χ3n) is 6.51. The van der Waals surface area contributed by atoms with Crippen LogP contribution in [0.4, 0.5) is 0 Å². The largest absolute Gasteiger partial charge is 0.493 e. The molecule has 0 aliphatic carbocycles. The van der Waals surface area contributed by atoms with Gasteiger partial charge in [-0.3, -0.25) is 4.79 Å². The normalized spacial score (nSPS) is 15.5. The molecule has 2 aromatic carbocycles. The first kappa shape index (κ1) is 22.6. The first-order chi connectivity index (χ1) is 15.6. The fraction of sp³-hybridized carbons (Fsp3) is 0.464. The maximum atomic E-state index is 13.4. The van der Waals surface area contributed by atoms with Crippen LogP contribution in [0.15, 0.2) is 48.7 Å². The maximum absolute atomic E-state index is 13.4. The van der Waals surface area contributed by atoms with Crippen molar-refractivity contribution in [2.45, 2.75) is 52.4 Å². The molecule has 170 valence electrons. The van der Waals surface area contributed by atoms with Gasteiger partial charge in [-0.15, -0.1) is 0 Å². The second kappa shape index (κ2) is 10.4. The maximum Gasteiger partial charge on any atom is 0.196 e. The molecule has 0 radical (unpaired) electrons. The van der Waals surface area contributed by atoms with Gasteiger partial charge >= 0.3 is 0 Å². The number of piperidine rings is 1. The third kappa shape index (κ3) is 5.07. The van der Waals surface area contributed by atoms with Gasteiger partial charge in [0.15, 0.2) is 5.78 Å². The Bertz CT molecular complexity index is 1040. The minimum atomic E-state index is 0.0258. The van der Waals surface area contributed by atoms with Gasteiger partial charge in [-0.1, -0.05) is 39.3 Å². The molecule has 32 heavy (non-hydrogen) atoms. The summed E-state index contributed by atoms with van der Waals surface area (Å²) in [5.74, 6) is 1.96. The molecule has 3 aromatic rings. The Morgan fingerprint density at radius 1 is 1.16 bits per heavy atom. The smallest absolute Gasteiger partial charge is 0.196 e. The lowest BCUT2D eigenvalue weighted by atomic mass is 9.88. The standard InChI is InChI=1S/C28H36N2O2/c1-4-5-16-32-27-9-7-6-8-23(27)28(31)22-10-11-26-24(17-22)25(18-29-26)21-12-14-30(15-13-21)19-20(2)3/h6-11,17-18,20-21,29H,4-5,12-16,19H2,1-3H3. The van der Waals surface area contributed by atoms with Gasteiger partial charge in [0.1, 0.15) is 5.75 Å². The molecular weight excluding hydrogens is 396 g/mol. The van der Waals surface area contributed by atoms with Crippen molar-refractivity contribution in [1.82, 2.24) is 9.88 Å². The lowest BCUT2D eigenvalue weighted by Gasteiger charge is -2.33. The summed E-state index contributed by atoms with van der Waals surface area (Å²) in [6.45, 7) is 10.8. The Morgan fingerprint density at radius 3 is 2.69 bits per heavy atom. The van der Waals surface area contributed by atoms with Crippen LogP contribution in [-0.4, -0.2) is 41.9 Å². The van der Waals surface area contributed by atoms with E-state index in [2.05, 4.69) is 42.9 Å². The SMILES string of the molecule is CCCCOc1ccccc1C(=O)c1ccc2[nH]cc(C3CCN(CC(C)C)CC3)c2c1. The number of nitrogens with zero attached hydrogens (tertiary/aromatic N) is 1. The third-order valence-corrected chi connectivity index (χ3v) is 6.51. The second-order valence-electron chi connectivity index (χ2n) is 9.50. The number of rotatable bonds is 9. The Kier molecular flexibility index (Phi) is 7.31. The molecule has 0 saturated carbocycles. The van der Waals surface area contributed by atoms with Crippen LogP contribution in [0, 0.1) is 5.92 Å². The van der Waals surface area contributed by atoms with Gasteiger partial charge in [-0.25, -0.2) is 0 Å². The number of likely N-dealkylation sites (tertiary alicyclic amines) is 1. The summed E-state index contributed by atoms with van der Waals surface area (Å²) in [7, 11) is 0. The number of carbonyl (C=O) groups excluding carboxylic acids is 1. The van der Waals surface area contributed by atoms with Gasteiger partial charge in [-0.05, 0) is 80.1 Å². The Hall–Kier alpha value is -2.59. The molecule has 0 amide bonds. The number of para-hydroxylation sites is 1. The molecule has 1 aromatic heterocycles. The van der Waals surface area contributed by atoms with E-state index in [0.717, 1.165) is 37.0 Å². The van der Waals surface area contributed by atoms with Crippen molar-refractivity contribution in [2.75, 3.05) is 26.2 Å². The van der Waals surface area contributed by atoms with Crippen LogP contribution >= 0.6 is 0 Å². The summed E-state index contributed by atoms with van der Waals surface area (Å²) >= 11 is 0. The van der Waals surface area contributed by atoms with E-state index in [1.54, 1.807) is 0 Å². The number of nitrogens with one attached hydrogen (secondary N) is 1. The molecule has 0 spiro atoms. The zero-order valence-corrected chi connectivity index (χ0v) is 19.7. The van der Waals surface area contributed by atoms with E-state index < -0.39 is 0 Å². The summed E-state index contributed by atoms with van der Waals surface area (Å²) < 4.78 is 5.92. The highest BCUT2D eigenvalue weighted by Crippen LogP contribution is 2.34. The highest BCUT2D eigenvalue weighted by Gasteiger charge is 2.24. The van der Waals surface area contributed by atoms with Gasteiger partial charge in [0.25, 0.3) is 0 Å². The quantitative estimate of drug-likeness (QED) is 0.314. The van der Waals surface area contributed by atoms with Crippen molar-refractivity contribution in [2.24, 2.45) is 5.92 Å². The minimum absolute atomic E-state index is 0.0258. The summed E-state index contributed by atoms with van der Waals surface area (Å²) in [6, 6.07) is 13.7. The van der Waals surface area contributed by atoms with E-state index in [-0.39, 0.29) is 5.78 Å². The second-order valence-corrected chi connectivity index (χ2v) is 9.50. The molecule has 0 atom stereocenters. The zero-order valence-electron chi connectivity index (χ0n) is 19.7. The Balaban J connectivity index is 1.55. The van der Waals surface area contributed by atoms with Gasteiger partial charge in [0, 0.05) is 29.2 Å². The number of unbranched alkanes of at least 4 members (excludes halogenated alkanes) is 1. The number of ketones is 1. The molecule has 4 nitrogen and oxygen atoms in total. The number of carbonyl (C=O) groups is 1.